The lowest BCUT2D eigenvalue weighted by atomic mass is 10.1. The van der Waals surface area contributed by atoms with Gasteiger partial charge in [0.1, 0.15) is 11.6 Å². The first-order chi connectivity index (χ1) is 8.38. The summed E-state index contributed by atoms with van der Waals surface area (Å²) >= 11 is 0. The molecule has 0 saturated carbocycles. The van der Waals surface area contributed by atoms with Crippen LogP contribution in [0.5, 0.6) is 0 Å². The lowest BCUT2D eigenvalue weighted by molar-refractivity contribution is -0.139. The van der Waals surface area contributed by atoms with E-state index in [9.17, 15) is 17.6 Å². The molecule has 0 amide bonds. The van der Waals surface area contributed by atoms with E-state index in [1.807, 2.05) is 0 Å². The first-order valence-corrected chi connectivity index (χ1v) is 4.84. The van der Waals surface area contributed by atoms with E-state index >= 15 is 0 Å². The zero-order valence-corrected chi connectivity index (χ0v) is 8.87. The number of anilines is 1. The normalized spacial score (nSPS) is 11.6. The van der Waals surface area contributed by atoms with Gasteiger partial charge in [0.15, 0.2) is 0 Å². The fourth-order valence-electron chi connectivity index (χ4n) is 1.40. The maximum Gasteiger partial charge on any atom is 0.419 e. The maximum atomic E-state index is 13.1. The molecule has 0 unspecified atom stereocenters. The van der Waals surface area contributed by atoms with Crippen molar-refractivity contribution in [2.45, 2.75) is 6.18 Å². The van der Waals surface area contributed by atoms with Gasteiger partial charge in [0.25, 0.3) is 0 Å². The highest BCUT2D eigenvalue weighted by Gasteiger charge is 2.34. The molecule has 0 bridgehead atoms. The molecule has 1 aromatic carbocycles. The van der Waals surface area contributed by atoms with Gasteiger partial charge in [0.2, 0.25) is 0 Å². The van der Waals surface area contributed by atoms with Crippen LogP contribution in [0.3, 0.4) is 0 Å². The van der Waals surface area contributed by atoms with Gasteiger partial charge < -0.3 is 5.73 Å². The number of aromatic nitrogens is 2. The Balaban J connectivity index is 2.50. The predicted molar refractivity (Wildman–Crippen MR) is 56.8 cm³/mol. The average Bonchev–Trinajstić information content (AvgIpc) is 2.29. The highest BCUT2D eigenvalue weighted by Crippen LogP contribution is 2.33. The molecule has 18 heavy (non-hydrogen) atoms. The van der Waals surface area contributed by atoms with Crippen LogP contribution in [0, 0.1) is 5.82 Å². The smallest absolute Gasteiger partial charge is 0.382 e. The van der Waals surface area contributed by atoms with Crippen molar-refractivity contribution in [2.24, 2.45) is 0 Å². The van der Waals surface area contributed by atoms with Gasteiger partial charge in [-0.1, -0.05) is 0 Å². The van der Waals surface area contributed by atoms with Gasteiger partial charge in [-0.2, -0.15) is 13.2 Å². The molecule has 0 atom stereocenters. The third kappa shape index (κ3) is 2.39. The van der Waals surface area contributed by atoms with Gasteiger partial charge in [0, 0.05) is 5.56 Å². The quantitative estimate of drug-likeness (QED) is 0.799. The van der Waals surface area contributed by atoms with Crippen molar-refractivity contribution in [3.8, 4) is 11.3 Å². The van der Waals surface area contributed by atoms with E-state index in [4.69, 9.17) is 5.73 Å². The minimum atomic E-state index is -4.75. The Morgan fingerprint density at radius 2 is 1.72 bits per heavy atom. The number of rotatable bonds is 1. The third-order valence-corrected chi connectivity index (χ3v) is 2.25. The second-order valence-corrected chi connectivity index (χ2v) is 3.54. The number of hydrogen-bond acceptors (Lipinski definition) is 3. The molecular weight excluding hydrogens is 250 g/mol. The summed E-state index contributed by atoms with van der Waals surface area (Å²) in [7, 11) is 0. The SMILES string of the molecule is Nc1ccc(-c2ccc(F)c(C(F)(F)F)c2)nn1. The zero-order chi connectivity index (χ0) is 13.3. The van der Waals surface area contributed by atoms with Gasteiger partial charge in [0.05, 0.1) is 11.3 Å². The molecule has 0 aliphatic carbocycles. The van der Waals surface area contributed by atoms with Crippen molar-refractivity contribution in [2.75, 3.05) is 5.73 Å². The zero-order valence-electron chi connectivity index (χ0n) is 8.87. The van der Waals surface area contributed by atoms with E-state index < -0.39 is 17.6 Å². The Hall–Kier alpha value is -2.18. The van der Waals surface area contributed by atoms with Crippen molar-refractivity contribution < 1.29 is 17.6 Å². The summed E-state index contributed by atoms with van der Waals surface area (Å²) in [4.78, 5) is 0. The Bertz CT molecular complexity index is 563. The molecule has 2 aromatic rings. The monoisotopic (exact) mass is 257 g/mol. The van der Waals surface area contributed by atoms with E-state index in [2.05, 4.69) is 10.2 Å². The molecule has 7 heteroatoms. The molecule has 2 rings (SSSR count). The van der Waals surface area contributed by atoms with Crippen LogP contribution in [0.25, 0.3) is 11.3 Å². The summed E-state index contributed by atoms with van der Waals surface area (Å²) in [5.74, 6) is -1.17. The van der Waals surface area contributed by atoms with E-state index in [1.54, 1.807) is 0 Å². The van der Waals surface area contributed by atoms with Gasteiger partial charge >= 0.3 is 6.18 Å². The number of nitrogens with two attached hydrogens (primary N) is 1. The van der Waals surface area contributed by atoms with Gasteiger partial charge in [-0.3, -0.25) is 0 Å². The second kappa shape index (κ2) is 4.25. The Kier molecular flexibility index (Phi) is 2.90. The van der Waals surface area contributed by atoms with Gasteiger partial charge in [-0.25, -0.2) is 4.39 Å². The number of nitrogen functional groups attached to an aromatic ring is 1. The van der Waals surface area contributed by atoms with Crippen LogP contribution in [-0.2, 0) is 6.18 Å². The third-order valence-electron chi connectivity index (χ3n) is 2.25. The summed E-state index contributed by atoms with van der Waals surface area (Å²) in [6.45, 7) is 0. The predicted octanol–water partition coefficient (Wildman–Crippen LogP) is 2.88. The summed E-state index contributed by atoms with van der Waals surface area (Å²) < 4.78 is 50.6. The number of nitrogens with zero attached hydrogens (tertiary/aromatic N) is 2. The highest BCUT2D eigenvalue weighted by atomic mass is 19.4. The Morgan fingerprint density at radius 3 is 2.28 bits per heavy atom. The summed E-state index contributed by atoms with van der Waals surface area (Å²) in [5, 5.41) is 7.16. The Morgan fingerprint density at radius 1 is 1.00 bits per heavy atom. The van der Waals surface area contributed by atoms with E-state index in [0.29, 0.717) is 6.07 Å². The van der Waals surface area contributed by atoms with Crippen molar-refractivity contribution in [3.05, 3.63) is 41.7 Å². The molecule has 1 aromatic heterocycles. The van der Waals surface area contributed by atoms with Crippen LogP contribution >= 0.6 is 0 Å². The maximum absolute atomic E-state index is 13.1. The fourth-order valence-corrected chi connectivity index (χ4v) is 1.40. The molecule has 0 radical (unpaired) electrons. The molecular formula is C11H7F4N3. The van der Waals surface area contributed by atoms with Crippen molar-refractivity contribution >= 4 is 5.82 Å². The van der Waals surface area contributed by atoms with Crippen LogP contribution in [0.1, 0.15) is 5.56 Å². The molecule has 2 N–H and O–H groups in total. The minimum Gasteiger partial charge on any atom is -0.382 e. The number of benzene rings is 1. The fraction of sp³-hybridized carbons (Fsp3) is 0.0909. The molecule has 0 fully saturated rings. The van der Waals surface area contributed by atoms with Crippen LogP contribution in [0.15, 0.2) is 30.3 Å². The van der Waals surface area contributed by atoms with Crippen LogP contribution in [-0.4, -0.2) is 10.2 Å². The van der Waals surface area contributed by atoms with Crippen molar-refractivity contribution in [1.82, 2.24) is 10.2 Å². The molecule has 0 spiro atoms. The van der Waals surface area contributed by atoms with Crippen LogP contribution < -0.4 is 5.73 Å². The lowest BCUT2D eigenvalue weighted by Crippen LogP contribution is -2.08. The molecule has 3 nitrogen and oxygen atoms in total. The average molecular weight is 257 g/mol. The summed E-state index contributed by atoms with van der Waals surface area (Å²) in [6, 6.07) is 5.45. The first-order valence-electron chi connectivity index (χ1n) is 4.84. The highest BCUT2D eigenvalue weighted by molar-refractivity contribution is 5.60. The molecule has 0 saturated heterocycles. The number of alkyl halides is 3. The topological polar surface area (TPSA) is 51.8 Å². The molecule has 0 aliphatic rings. The van der Waals surface area contributed by atoms with E-state index in [-0.39, 0.29) is 17.1 Å². The number of halogens is 4. The number of hydrogen-bond donors (Lipinski definition) is 1. The molecule has 0 aliphatic heterocycles. The minimum absolute atomic E-state index is 0.122. The summed E-state index contributed by atoms with van der Waals surface area (Å²) in [5.41, 5.74) is 4.29. The molecule has 94 valence electrons. The molecule has 1 heterocycles. The van der Waals surface area contributed by atoms with E-state index in [0.717, 1.165) is 6.07 Å². The van der Waals surface area contributed by atoms with Crippen LogP contribution in [0.4, 0.5) is 23.4 Å². The summed E-state index contributed by atoms with van der Waals surface area (Å²) in [6.07, 6.45) is -4.75. The first kappa shape index (κ1) is 12.3. The van der Waals surface area contributed by atoms with Crippen molar-refractivity contribution in [1.29, 1.82) is 0 Å². The van der Waals surface area contributed by atoms with Crippen molar-refractivity contribution in [3.63, 3.8) is 0 Å². The van der Waals surface area contributed by atoms with Gasteiger partial charge in [-0.05, 0) is 30.3 Å². The second-order valence-electron chi connectivity index (χ2n) is 3.54. The Labute approximate surface area is 99.3 Å². The van der Waals surface area contributed by atoms with Crippen LogP contribution in [0.2, 0.25) is 0 Å². The lowest BCUT2D eigenvalue weighted by Gasteiger charge is -2.09. The van der Waals surface area contributed by atoms with Gasteiger partial charge in [-0.15, -0.1) is 10.2 Å². The van der Waals surface area contributed by atoms with E-state index in [1.165, 1.54) is 18.2 Å². The largest absolute Gasteiger partial charge is 0.419 e. The standard InChI is InChI=1S/C11H7F4N3/c12-8-2-1-6(5-7(8)11(13,14)15)9-3-4-10(16)18-17-9/h1-5H,(H2,16,18).